The second-order valence-corrected chi connectivity index (χ2v) is 8.35. The summed E-state index contributed by atoms with van der Waals surface area (Å²) >= 11 is 5.40. The maximum Gasteiger partial charge on any atom is 0.125 e. The molecule has 2 nitrogen and oxygen atoms in total. The zero-order chi connectivity index (χ0) is 14.5. The summed E-state index contributed by atoms with van der Waals surface area (Å²) in [7, 11) is 0. The maximum absolute atomic E-state index is 6.33. The molecule has 0 fully saturated rings. The first-order valence-electron chi connectivity index (χ1n) is 6.87. The molecule has 0 bridgehead atoms. The average Bonchev–Trinajstić information content (AvgIpc) is 2.70. The molecule has 2 N–H and O–H groups in total. The molecule has 0 radical (unpaired) electrons. The fraction of sp³-hybridized carbons (Fsp3) is 0.438. The number of aryl methyl sites for hydroxylation is 1. The van der Waals surface area contributed by atoms with E-state index in [0.29, 0.717) is 0 Å². The van der Waals surface area contributed by atoms with Crippen molar-refractivity contribution in [1.82, 2.24) is 4.98 Å². The molecule has 0 amide bonds. The van der Waals surface area contributed by atoms with Crippen LogP contribution < -0.4 is 5.73 Å². The summed E-state index contributed by atoms with van der Waals surface area (Å²) in [6.07, 6.45) is 2.06. The number of benzene rings is 1. The minimum absolute atomic E-state index is 0.129. The molecule has 2 aromatic rings. The van der Waals surface area contributed by atoms with Crippen LogP contribution in [0.4, 0.5) is 0 Å². The lowest BCUT2D eigenvalue weighted by Crippen LogP contribution is -2.28. The lowest BCUT2D eigenvalue weighted by molar-refractivity contribution is 0.282. The molecule has 1 aliphatic carbocycles. The Balaban J connectivity index is 2.06. The van der Waals surface area contributed by atoms with Crippen LogP contribution in [0.25, 0.3) is 10.6 Å². The second kappa shape index (κ2) is 4.93. The highest BCUT2D eigenvalue weighted by Crippen LogP contribution is 2.44. The number of hydrogen-bond acceptors (Lipinski definition) is 3. The third-order valence-corrected chi connectivity index (χ3v) is 5.76. The molecule has 20 heavy (non-hydrogen) atoms. The van der Waals surface area contributed by atoms with E-state index in [4.69, 9.17) is 10.7 Å². The second-order valence-electron chi connectivity index (χ2n) is 6.46. The van der Waals surface area contributed by atoms with Gasteiger partial charge in [0.2, 0.25) is 0 Å². The highest BCUT2D eigenvalue weighted by atomic mass is 79.9. The summed E-state index contributed by atoms with van der Waals surface area (Å²) in [5.41, 5.74) is 10.2. The van der Waals surface area contributed by atoms with Crippen molar-refractivity contribution in [1.29, 1.82) is 0 Å². The molecule has 1 aromatic heterocycles. The topological polar surface area (TPSA) is 38.9 Å². The first kappa shape index (κ1) is 14.2. The Hall–Kier alpha value is -0.710. The van der Waals surface area contributed by atoms with E-state index in [1.807, 2.05) is 0 Å². The lowest BCUT2D eigenvalue weighted by Gasteiger charge is -2.32. The molecule has 3 rings (SSSR count). The number of rotatable bonds is 1. The summed E-state index contributed by atoms with van der Waals surface area (Å²) in [6.45, 7) is 6.65. The van der Waals surface area contributed by atoms with Crippen molar-refractivity contribution in [3.63, 3.8) is 0 Å². The number of aromatic nitrogens is 1. The lowest BCUT2D eigenvalue weighted by atomic mass is 9.77. The number of fused-ring (bicyclic) bond motifs is 1. The van der Waals surface area contributed by atoms with Crippen molar-refractivity contribution in [2.24, 2.45) is 11.1 Å². The van der Waals surface area contributed by atoms with Gasteiger partial charge in [-0.3, -0.25) is 0 Å². The van der Waals surface area contributed by atoms with E-state index in [0.717, 1.165) is 22.3 Å². The zero-order valence-electron chi connectivity index (χ0n) is 12.0. The van der Waals surface area contributed by atoms with Gasteiger partial charge in [0.15, 0.2) is 0 Å². The number of halogens is 1. The molecule has 106 valence electrons. The first-order chi connectivity index (χ1) is 9.35. The van der Waals surface area contributed by atoms with E-state index < -0.39 is 0 Å². The quantitative estimate of drug-likeness (QED) is 0.797. The van der Waals surface area contributed by atoms with Crippen molar-refractivity contribution >= 4 is 27.3 Å². The molecule has 1 heterocycles. The van der Waals surface area contributed by atoms with Gasteiger partial charge < -0.3 is 5.73 Å². The van der Waals surface area contributed by atoms with Crippen molar-refractivity contribution in [3.05, 3.63) is 38.8 Å². The monoisotopic (exact) mass is 350 g/mol. The van der Waals surface area contributed by atoms with E-state index in [-0.39, 0.29) is 11.5 Å². The van der Waals surface area contributed by atoms with E-state index in [2.05, 4.69) is 54.9 Å². The predicted molar refractivity (Wildman–Crippen MR) is 89.0 cm³/mol. The highest BCUT2D eigenvalue weighted by molar-refractivity contribution is 9.10. The molecular formula is C16H19BrN2S. The van der Waals surface area contributed by atoms with Gasteiger partial charge in [0.05, 0.1) is 5.69 Å². The zero-order valence-corrected chi connectivity index (χ0v) is 14.4. The van der Waals surface area contributed by atoms with Crippen LogP contribution in [-0.4, -0.2) is 4.98 Å². The molecule has 1 atom stereocenters. The van der Waals surface area contributed by atoms with Gasteiger partial charge in [-0.2, -0.15) is 0 Å². The van der Waals surface area contributed by atoms with E-state index in [1.54, 1.807) is 11.3 Å². The van der Waals surface area contributed by atoms with E-state index >= 15 is 0 Å². The summed E-state index contributed by atoms with van der Waals surface area (Å²) in [6, 6.07) is 6.54. The van der Waals surface area contributed by atoms with Gasteiger partial charge in [-0.25, -0.2) is 4.98 Å². The van der Waals surface area contributed by atoms with Gasteiger partial charge in [0.1, 0.15) is 5.01 Å². The standard InChI is InChI=1S/C16H19BrN2S/c1-9-4-5-10(11(17)6-9)15-19-13-8-16(2,3)7-12(18)14(13)20-15/h4-6,12H,7-8,18H2,1-3H3. The summed E-state index contributed by atoms with van der Waals surface area (Å²) in [5, 5.41) is 1.08. The van der Waals surface area contributed by atoms with Crippen LogP contribution in [0.2, 0.25) is 0 Å². The van der Waals surface area contributed by atoms with Crippen molar-refractivity contribution in [3.8, 4) is 10.6 Å². The van der Waals surface area contributed by atoms with Gasteiger partial charge in [-0.15, -0.1) is 11.3 Å². The van der Waals surface area contributed by atoms with Crippen LogP contribution >= 0.6 is 27.3 Å². The SMILES string of the molecule is Cc1ccc(-c2nc3c(s2)C(N)CC(C)(C)C3)c(Br)c1. The highest BCUT2D eigenvalue weighted by Gasteiger charge is 2.33. The largest absolute Gasteiger partial charge is 0.323 e. The fourth-order valence-electron chi connectivity index (χ4n) is 2.90. The average molecular weight is 351 g/mol. The molecular weight excluding hydrogens is 332 g/mol. The molecule has 0 saturated heterocycles. The van der Waals surface area contributed by atoms with Crippen LogP contribution in [0.5, 0.6) is 0 Å². The first-order valence-corrected chi connectivity index (χ1v) is 8.48. The van der Waals surface area contributed by atoms with Crippen LogP contribution in [0.1, 0.15) is 42.4 Å². The Bertz CT molecular complexity index is 660. The number of nitrogens with zero attached hydrogens (tertiary/aromatic N) is 1. The van der Waals surface area contributed by atoms with Gasteiger partial charge in [-0.1, -0.05) is 41.9 Å². The molecule has 4 heteroatoms. The normalized spacial score (nSPS) is 20.8. The Labute approximate surface area is 132 Å². The summed E-state index contributed by atoms with van der Waals surface area (Å²) < 4.78 is 1.11. The van der Waals surface area contributed by atoms with E-state index in [9.17, 15) is 0 Å². The number of hydrogen-bond donors (Lipinski definition) is 1. The smallest absolute Gasteiger partial charge is 0.125 e. The Morgan fingerprint density at radius 2 is 2.15 bits per heavy atom. The summed E-state index contributed by atoms with van der Waals surface area (Å²) in [4.78, 5) is 6.14. The van der Waals surface area contributed by atoms with Gasteiger partial charge >= 0.3 is 0 Å². The Morgan fingerprint density at radius 3 is 2.85 bits per heavy atom. The molecule has 0 aliphatic heterocycles. The van der Waals surface area contributed by atoms with Gasteiger partial charge in [-0.05, 0) is 36.8 Å². The van der Waals surface area contributed by atoms with Crippen LogP contribution in [0.3, 0.4) is 0 Å². The minimum Gasteiger partial charge on any atom is -0.323 e. The number of thiazole rings is 1. The molecule has 1 unspecified atom stereocenters. The predicted octanol–water partition coefficient (Wildman–Crippen LogP) is 4.85. The molecule has 1 aromatic carbocycles. The summed E-state index contributed by atoms with van der Waals surface area (Å²) in [5.74, 6) is 0. The molecule has 1 aliphatic rings. The third kappa shape index (κ3) is 2.57. The van der Waals surface area contributed by atoms with Crippen molar-refractivity contribution < 1.29 is 0 Å². The van der Waals surface area contributed by atoms with Crippen LogP contribution in [-0.2, 0) is 6.42 Å². The Kier molecular flexibility index (Phi) is 3.51. The Morgan fingerprint density at radius 1 is 1.40 bits per heavy atom. The van der Waals surface area contributed by atoms with Crippen LogP contribution in [0, 0.1) is 12.3 Å². The van der Waals surface area contributed by atoms with Crippen molar-refractivity contribution in [2.75, 3.05) is 0 Å². The minimum atomic E-state index is 0.129. The molecule has 0 saturated carbocycles. The fourth-order valence-corrected chi connectivity index (χ4v) is 4.84. The molecule has 0 spiro atoms. The van der Waals surface area contributed by atoms with Crippen LogP contribution in [0.15, 0.2) is 22.7 Å². The number of nitrogens with two attached hydrogens (primary N) is 1. The third-order valence-electron chi connectivity index (χ3n) is 3.84. The maximum atomic E-state index is 6.33. The van der Waals surface area contributed by atoms with Gasteiger partial charge in [0, 0.05) is 21.0 Å². The van der Waals surface area contributed by atoms with E-state index in [1.165, 1.54) is 21.7 Å². The van der Waals surface area contributed by atoms with Crippen molar-refractivity contribution in [2.45, 2.75) is 39.7 Å². The van der Waals surface area contributed by atoms with Gasteiger partial charge in [0.25, 0.3) is 0 Å².